The van der Waals surface area contributed by atoms with E-state index in [-0.39, 0.29) is 24.0 Å². The maximum absolute atomic E-state index is 4.47. The minimum atomic E-state index is 0. The van der Waals surface area contributed by atoms with Crippen molar-refractivity contribution >= 4 is 29.9 Å². The topological polar surface area (TPSA) is 30.9 Å². The second-order valence-electron chi connectivity index (χ2n) is 6.46. The highest BCUT2D eigenvalue weighted by Gasteiger charge is 2.31. The highest BCUT2D eigenvalue weighted by Crippen LogP contribution is 2.33. The van der Waals surface area contributed by atoms with Crippen molar-refractivity contribution in [3.8, 4) is 0 Å². The summed E-state index contributed by atoms with van der Waals surface area (Å²) in [7, 11) is 4.06. The Kier molecular flexibility index (Phi) is 10.6. The van der Waals surface area contributed by atoms with Crippen molar-refractivity contribution < 1.29 is 0 Å². The lowest BCUT2D eigenvalue weighted by atomic mass is 9.78. The van der Waals surface area contributed by atoms with Gasteiger partial charge in [-0.25, -0.2) is 0 Å². The zero-order valence-electron chi connectivity index (χ0n) is 14.6. The highest BCUT2D eigenvalue weighted by atomic mass is 127. The minimum Gasteiger partial charge on any atom is -0.355 e. The summed E-state index contributed by atoms with van der Waals surface area (Å²) < 4.78 is 0. The Labute approximate surface area is 148 Å². The molecule has 1 N–H and O–H groups in total. The molecule has 0 saturated carbocycles. The molecule has 1 atom stereocenters. The van der Waals surface area contributed by atoms with E-state index in [1.807, 2.05) is 7.05 Å². The van der Waals surface area contributed by atoms with Gasteiger partial charge in [0.1, 0.15) is 0 Å². The number of piperidine rings is 1. The van der Waals surface area contributed by atoms with Gasteiger partial charge >= 0.3 is 0 Å². The molecule has 1 rings (SSSR count). The molecule has 21 heavy (non-hydrogen) atoms. The van der Waals surface area contributed by atoms with Crippen LogP contribution in [0.1, 0.15) is 46.5 Å². The number of nitrogens with zero attached hydrogens (tertiary/aromatic N) is 3. The van der Waals surface area contributed by atoms with Crippen LogP contribution in [0.4, 0.5) is 0 Å². The third-order valence-electron chi connectivity index (χ3n) is 4.46. The van der Waals surface area contributed by atoms with E-state index in [4.69, 9.17) is 0 Å². The number of aliphatic imine (C=N–C) groups is 1. The Morgan fingerprint density at radius 2 is 2.10 bits per heavy atom. The number of likely N-dealkylation sites (tertiary alicyclic amines) is 1. The standard InChI is InChI=1S/C16H34N4.HI/c1-6-9-16(3)10-8-12-20(14-16)15(17-4)18-11-13-19(5)7-2;/h6-14H2,1-5H3,(H,17,18);1H. The number of hydrogen-bond donors (Lipinski definition) is 1. The molecule has 1 aliphatic heterocycles. The lowest BCUT2D eigenvalue weighted by Gasteiger charge is -2.42. The SMILES string of the molecule is CCCC1(C)CCCN(C(=NC)NCCN(C)CC)C1.I. The highest BCUT2D eigenvalue weighted by molar-refractivity contribution is 14.0. The van der Waals surface area contributed by atoms with Crippen molar-refractivity contribution in [1.29, 1.82) is 0 Å². The molecular weight excluding hydrogens is 375 g/mol. The molecule has 5 heteroatoms. The van der Waals surface area contributed by atoms with E-state index in [0.717, 1.165) is 38.7 Å². The van der Waals surface area contributed by atoms with Crippen molar-refractivity contribution in [1.82, 2.24) is 15.1 Å². The monoisotopic (exact) mass is 410 g/mol. The fraction of sp³-hybridized carbons (Fsp3) is 0.938. The van der Waals surface area contributed by atoms with Crippen LogP contribution in [0.15, 0.2) is 4.99 Å². The fourth-order valence-corrected chi connectivity index (χ4v) is 3.15. The summed E-state index contributed by atoms with van der Waals surface area (Å²) in [6.07, 6.45) is 5.23. The molecule has 1 fully saturated rings. The van der Waals surface area contributed by atoms with Gasteiger partial charge in [-0.05, 0) is 38.3 Å². The zero-order chi connectivity index (χ0) is 15.0. The summed E-state index contributed by atoms with van der Waals surface area (Å²) >= 11 is 0. The van der Waals surface area contributed by atoms with Crippen molar-refractivity contribution in [2.45, 2.75) is 46.5 Å². The maximum atomic E-state index is 4.47. The summed E-state index contributed by atoms with van der Waals surface area (Å²) in [5.74, 6) is 1.08. The second kappa shape index (κ2) is 10.6. The lowest BCUT2D eigenvalue weighted by Crippen LogP contribution is -2.50. The number of halogens is 1. The van der Waals surface area contributed by atoms with Crippen molar-refractivity contribution in [3.63, 3.8) is 0 Å². The molecule has 0 aromatic heterocycles. The van der Waals surface area contributed by atoms with Gasteiger partial charge in [-0.1, -0.05) is 27.2 Å². The molecule has 0 aromatic rings. The van der Waals surface area contributed by atoms with Crippen molar-refractivity contribution in [3.05, 3.63) is 0 Å². The zero-order valence-corrected chi connectivity index (χ0v) is 16.9. The van der Waals surface area contributed by atoms with Gasteiger partial charge in [0, 0.05) is 33.2 Å². The minimum absolute atomic E-state index is 0. The fourth-order valence-electron chi connectivity index (χ4n) is 3.15. The van der Waals surface area contributed by atoms with Crippen LogP contribution >= 0.6 is 24.0 Å². The number of hydrogen-bond acceptors (Lipinski definition) is 2. The van der Waals surface area contributed by atoms with Crippen molar-refractivity contribution in [2.75, 3.05) is 46.8 Å². The predicted molar refractivity (Wildman–Crippen MR) is 104 cm³/mol. The summed E-state index contributed by atoms with van der Waals surface area (Å²) in [5.41, 5.74) is 0.463. The van der Waals surface area contributed by atoms with Crippen LogP contribution in [0.2, 0.25) is 0 Å². The van der Waals surface area contributed by atoms with E-state index in [1.165, 1.54) is 25.7 Å². The third kappa shape index (κ3) is 7.17. The smallest absolute Gasteiger partial charge is 0.193 e. The first-order valence-electron chi connectivity index (χ1n) is 8.18. The van der Waals surface area contributed by atoms with E-state index >= 15 is 0 Å². The molecule has 1 aliphatic rings. The number of rotatable bonds is 6. The molecule has 0 bridgehead atoms. The summed E-state index contributed by atoms with van der Waals surface area (Å²) in [4.78, 5) is 9.24. The predicted octanol–water partition coefficient (Wildman–Crippen LogP) is 3.03. The van der Waals surface area contributed by atoms with Gasteiger partial charge < -0.3 is 15.1 Å². The van der Waals surface area contributed by atoms with Gasteiger partial charge in [-0.3, -0.25) is 4.99 Å². The van der Waals surface area contributed by atoms with E-state index in [9.17, 15) is 0 Å². The first-order valence-corrected chi connectivity index (χ1v) is 8.18. The molecule has 0 amide bonds. The molecule has 126 valence electrons. The van der Waals surface area contributed by atoms with Crippen LogP contribution in [0, 0.1) is 5.41 Å². The quantitative estimate of drug-likeness (QED) is 0.415. The average Bonchev–Trinajstić information content (AvgIpc) is 2.43. The molecule has 0 radical (unpaired) electrons. The van der Waals surface area contributed by atoms with Gasteiger partial charge in [-0.2, -0.15) is 0 Å². The van der Waals surface area contributed by atoms with Gasteiger partial charge in [0.25, 0.3) is 0 Å². The molecule has 0 aliphatic carbocycles. The first-order chi connectivity index (χ1) is 9.54. The molecule has 1 unspecified atom stereocenters. The van der Waals surface area contributed by atoms with Crippen molar-refractivity contribution in [2.24, 2.45) is 10.4 Å². The normalized spacial score (nSPS) is 23.1. The van der Waals surface area contributed by atoms with E-state index in [2.05, 4.69) is 47.9 Å². The average molecular weight is 410 g/mol. The largest absolute Gasteiger partial charge is 0.355 e. The van der Waals surface area contributed by atoms with Crippen LogP contribution in [0.5, 0.6) is 0 Å². The molecule has 4 nitrogen and oxygen atoms in total. The summed E-state index contributed by atoms with van der Waals surface area (Å²) in [6.45, 7) is 12.3. The Balaban J connectivity index is 0.00000400. The van der Waals surface area contributed by atoms with Crippen LogP contribution in [-0.2, 0) is 0 Å². The molecule has 0 aromatic carbocycles. The van der Waals surface area contributed by atoms with Crippen LogP contribution in [0.3, 0.4) is 0 Å². The maximum Gasteiger partial charge on any atom is 0.193 e. The van der Waals surface area contributed by atoms with Gasteiger partial charge in [0.2, 0.25) is 0 Å². The van der Waals surface area contributed by atoms with Gasteiger partial charge in [0.15, 0.2) is 5.96 Å². The second-order valence-corrected chi connectivity index (χ2v) is 6.46. The third-order valence-corrected chi connectivity index (χ3v) is 4.46. The van der Waals surface area contributed by atoms with E-state index in [0.29, 0.717) is 5.41 Å². The molecule has 1 heterocycles. The number of likely N-dealkylation sites (N-methyl/N-ethyl adjacent to an activating group) is 1. The summed E-state index contributed by atoms with van der Waals surface area (Å²) in [5, 5.41) is 3.52. The molecule has 1 saturated heterocycles. The van der Waals surface area contributed by atoms with Crippen LogP contribution < -0.4 is 5.32 Å². The Morgan fingerprint density at radius 1 is 1.38 bits per heavy atom. The van der Waals surface area contributed by atoms with E-state index < -0.39 is 0 Å². The van der Waals surface area contributed by atoms with Gasteiger partial charge in [-0.15, -0.1) is 24.0 Å². The Hall–Kier alpha value is -0.0400. The number of guanidine groups is 1. The lowest BCUT2D eigenvalue weighted by molar-refractivity contribution is 0.142. The van der Waals surface area contributed by atoms with Gasteiger partial charge in [0.05, 0.1) is 0 Å². The van der Waals surface area contributed by atoms with E-state index in [1.54, 1.807) is 0 Å². The number of nitrogens with one attached hydrogen (secondary N) is 1. The molecule has 0 spiro atoms. The summed E-state index contributed by atoms with van der Waals surface area (Å²) in [6, 6.07) is 0. The van der Waals surface area contributed by atoms with Crippen LogP contribution in [-0.4, -0.2) is 62.6 Å². The Morgan fingerprint density at radius 3 is 2.67 bits per heavy atom. The Bertz CT molecular complexity index is 305. The van der Waals surface area contributed by atoms with Crippen LogP contribution in [0.25, 0.3) is 0 Å². The molecular formula is C16H35IN4. The first kappa shape index (κ1) is 21.0.